The SMILES string of the molecule is CCCCCCC(O)(OC)C(CCCCCC)(OF)C(OCC)(OCCC)OCCCC. The van der Waals surface area contributed by atoms with Gasteiger partial charge >= 0.3 is 5.97 Å². The van der Waals surface area contributed by atoms with Crippen molar-refractivity contribution in [2.75, 3.05) is 26.9 Å². The van der Waals surface area contributed by atoms with Gasteiger partial charge in [0.1, 0.15) is 0 Å². The van der Waals surface area contributed by atoms with Gasteiger partial charge < -0.3 is 24.1 Å². The zero-order valence-corrected chi connectivity index (χ0v) is 21.7. The molecule has 0 aromatic carbocycles. The van der Waals surface area contributed by atoms with Gasteiger partial charge in [0.05, 0.1) is 13.2 Å². The third-order valence-electron chi connectivity index (χ3n) is 5.97. The summed E-state index contributed by atoms with van der Waals surface area (Å²) in [5.74, 6) is -3.92. The van der Waals surface area contributed by atoms with E-state index >= 15 is 0 Å². The van der Waals surface area contributed by atoms with Gasteiger partial charge in [0.2, 0.25) is 11.4 Å². The summed E-state index contributed by atoms with van der Waals surface area (Å²) in [7, 11) is 1.38. The van der Waals surface area contributed by atoms with Crippen LogP contribution in [-0.2, 0) is 23.9 Å². The van der Waals surface area contributed by atoms with Gasteiger partial charge in [0.15, 0.2) is 0 Å². The molecule has 3 atom stereocenters. The third-order valence-corrected chi connectivity index (χ3v) is 5.97. The molecule has 32 heavy (non-hydrogen) atoms. The lowest BCUT2D eigenvalue weighted by molar-refractivity contribution is -0.521. The molecule has 0 aromatic rings. The molecule has 0 aromatic heterocycles. The minimum Gasteiger partial charge on any atom is -0.363 e. The zero-order chi connectivity index (χ0) is 24.3. The van der Waals surface area contributed by atoms with Crippen LogP contribution in [-0.4, -0.2) is 49.4 Å². The summed E-state index contributed by atoms with van der Waals surface area (Å²) in [6.07, 6.45) is 9.76. The van der Waals surface area contributed by atoms with Gasteiger partial charge in [-0.25, -0.2) is 0 Å². The van der Waals surface area contributed by atoms with E-state index in [1.54, 1.807) is 6.92 Å². The summed E-state index contributed by atoms with van der Waals surface area (Å²) in [5, 5.41) is 11.8. The van der Waals surface area contributed by atoms with Crippen LogP contribution in [0.25, 0.3) is 0 Å². The van der Waals surface area contributed by atoms with Gasteiger partial charge in [0, 0.05) is 20.1 Å². The molecule has 0 rings (SSSR count). The van der Waals surface area contributed by atoms with Crippen LogP contribution < -0.4 is 0 Å². The number of rotatable bonds is 23. The van der Waals surface area contributed by atoms with Crippen LogP contribution in [0.5, 0.6) is 0 Å². The standard InChI is InChI=1S/C25H51FO6/c1-7-12-15-17-19-23(32-26,24(27,28-6)20-18-16-13-8-2)25(29-11-5,30-21-10-4)31-22-14-9-3/h27H,7-22H2,1-6H3. The Labute approximate surface area is 196 Å². The van der Waals surface area contributed by atoms with Gasteiger partial charge in [0.25, 0.3) is 0 Å². The molecular formula is C25H51FO6. The molecule has 0 aliphatic rings. The minimum absolute atomic E-state index is 0.136. The van der Waals surface area contributed by atoms with Crippen molar-refractivity contribution in [3.8, 4) is 0 Å². The number of halogens is 1. The fourth-order valence-corrected chi connectivity index (χ4v) is 4.05. The molecule has 0 fully saturated rings. The molecule has 0 radical (unpaired) electrons. The minimum atomic E-state index is -1.99. The molecule has 0 aliphatic heterocycles. The average Bonchev–Trinajstić information content (AvgIpc) is 2.80. The van der Waals surface area contributed by atoms with Gasteiger partial charge in [-0.05, 0) is 43.6 Å². The zero-order valence-electron chi connectivity index (χ0n) is 21.7. The van der Waals surface area contributed by atoms with E-state index in [2.05, 4.69) is 13.8 Å². The summed E-state index contributed by atoms with van der Waals surface area (Å²) >= 11 is 0. The quantitative estimate of drug-likeness (QED) is 0.131. The number of hydrogen-bond acceptors (Lipinski definition) is 6. The maximum absolute atomic E-state index is 14.9. The van der Waals surface area contributed by atoms with E-state index < -0.39 is 17.4 Å². The van der Waals surface area contributed by atoms with E-state index in [1.807, 2.05) is 13.8 Å². The number of methoxy groups -OCH3 is 1. The summed E-state index contributed by atoms with van der Waals surface area (Å²) in [5.41, 5.74) is -1.99. The smallest absolute Gasteiger partial charge is 0.323 e. The van der Waals surface area contributed by atoms with Crippen LogP contribution in [0.3, 0.4) is 0 Å². The number of ether oxygens (including phenoxy) is 4. The highest BCUT2D eigenvalue weighted by atomic mass is 19.3. The molecule has 7 heteroatoms. The molecule has 0 saturated carbocycles. The van der Waals surface area contributed by atoms with Crippen LogP contribution in [0.15, 0.2) is 0 Å². The van der Waals surface area contributed by atoms with E-state index in [1.165, 1.54) is 7.11 Å². The summed E-state index contributed by atoms with van der Waals surface area (Å²) in [6.45, 7) is 10.8. The van der Waals surface area contributed by atoms with E-state index in [4.69, 9.17) is 23.9 Å². The first-order valence-corrected chi connectivity index (χ1v) is 12.9. The Morgan fingerprint density at radius 2 is 1.22 bits per heavy atom. The van der Waals surface area contributed by atoms with Crippen molar-refractivity contribution in [3.63, 3.8) is 0 Å². The number of unbranched alkanes of at least 4 members (excludes halogenated alkanes) is 7. The van der Waals surface area contributed by atoms with Crippen molar-refractivity contribution >= 4 is 0 Å². The Morgan fingerprint density at radius 1 is 0.656 bits per heavy atom. The Hall–Kier alpha value is -0.310. The maximum Gasteiger partial charge on any atom is 0.323 e. The van der Waals surface area contributed by atoms with Crippen LogP contribution in [0.2, 0.25) is 0 Å². The van der Waals surface area contributed by atoms with Crippen molar-refractivity contribution < 1.29 is 33.5 Å². The first kappa shape index (κ1) is 31.7. The fraction of sp³-hybridized carbons (Fsp3) is 1.00. The molecule has 0 amide bonds. The molecule has 0 aliphatic carbocycles. The number of aliphatic hydroxyl groups is 1. The molecule has 0 saturated heterocycles. The van der Waals surface area contributed by atoms with E-state index in [0.29, 0.717) is 19.3 Å². The second-order valence-corrected chi connectivity index (χ2v) is 8.55. The fourth-order valence-electron chi connectivity index (χ4n) is 4.05. The lowest BCUT2D eigenvalue weighted by atomic mass is 9.81. The molecule has 3 unspecified atom stereocenters. The highest BCUT2D eigenvalue weighted by Gasteiger charge is 2.69. The van der Waals surface area contributed by atoms with Crippen molar-refractivity contribution in [2.24, 2.45) is 0 Å². The van der Waals surface area contributed by atoms with Gasteiger partial charge in [-0.2, -0.15) is 4.94 Å². The van der Waals surface area contributed by atoms with E-state index in [-0.39, 0.29) is 32.7 Å². The Morgan fingerprint density at radius 3 is 1.69 bits per heavy atom. The van der Waals surface area contributed by atoms with Crippen LogP contribution in [0.4, 0.5) is 4.53 Å². The predicted molar refractivity (Wildman–Crippen MR) is 126 cm³/mol. The largest absolute Gasteiger partial charge is 0.363 e. The van der Waals surface area contributed by atoms with Crippen LogP contribution in [0, 0.1) is 0 Å². The monoisotopic (exact) mass is 466 g/mol. The Kier molecular flexibility index (Phi) is 17.9. The topological polar surface area (TPSA) is 66.4 Å². The van der Waals surface area contributed by atoms with Crippen LogP contribution in [0.1, 0.15) is 118 Å². The molecular weight excluding hydrogens is 415 g/mol. The molecule has 0 bridgehead atoms. The highest BCUT2D eigenvalue weighted by Crippen LogP contribution is 2.48. The average molecular weight is 467 g/mol. The van der Waals surface area contributed by atoms with Crippen molar-refractivity contribution in [1.29, 1.82) is 0 Å². The number of hydrogen-bond donors (Lipinski definition) is 1. The second kappa shape index (κ2) is 18.1. The van der Waals surface area contributed by atoms with Crippen molar-refractivity contribution in [2.45, 2.75) is 135 Å². The highest BCUT2D eigenvalue weighted by molar-refractivity contribution is 5.02. The molecule has 1 N–H and O–H groups in total. The van der Waals surface area contributed by atoms with Gasteiger partial charge in [-0.15, -0.1) is 0 Å². The Bertz CT molecular complexity index is 441. The molecule has 6 nitrogen and oxygen atoms in total. The summed E-state index contributed by atoms with van der Waals surface area (Å²) in [6, 6.07) is 0. The lowest BCUT2D eigenvalue weighted by Crippen LogP contribution is -2.72. The van der Waals surface area contributed by atoms with E-state index in [0.717, 1.165) is 51.4 Å². The maximum atomic E-state index is 14.9. The first-order valence-electron chi connectivity index (χ1n) is 12.9. The summed E-state index contributed by atoms with van der Waals surface area (Å²) < 4.78 is 38.8. The first-order chi connectivity index (χ1) is 15.4. The van der Waals surface area contributed by atoms with Gasteiger partial charge in [-0.1, -0.05) is 72.6 Å². The van der Waals surface area contributed by atoms with Gasteiger partial charge in [-0.3, -0.25) is 0 Å². The molecule has 0 spiro atoms. The summed E-state index contributed by atoms with van der Waals surface area (Å²) in [4.78, 5) is 4.73. The lowest BCUT2D eigenvalue weighted by Gasteiger charge is -2.52. The van der Waals surface area contributed by atoms with Crippen molar-refractivity contribution in [1.82, 2.24) is 0 Å². The Balaban J connectivity index is 6.37. The third kappa shape index (κ3) is 8.80. The predicted octanol–water partition coefficient (Wildman–Crippen LogP) is 6.84. The normalized spacial score (nSPS) is 17.6. The van der Waals surface area contributed by atoms with Crippen LogP contribution >= 0.6 is 0 Å². The molecule has 0 heterocycles. The second-order valence-electron chi connectivity index (χ2n) is 8.55. The molecule has 194 valence electrons. The van der Waals surface area contributed by atoms with Crippen molar-refractivity contribution in [3.05, 3.63) is 0 Å². The van der Waals surface area contributed by atoms with E-state index in [9.17, 15) is 9.63 Å².